The fourth-order valence-electron chi connectivity index (χ4n) is 1.90. The number of benzene rings is 2. The van der Waals surface area contributed by atoms with E-state index in [2.05, 4.69) is 15.4 Å². The Bertz CT molecular complexity index is 727. The van der Waals surface area contributed by atoms with Gasteiger partial charge in [0.05, 0.1) is 11.4 Å². The highest BCUT2D eigenvalue weighted by molar-refractivity contribution is 8.00. The molecule has 0 unspecified atom stereocenters. The van der Waals surface area contributed by atoms with Crippen LogP contribution in [-0.4, -0.2) is 26.4 Å². The van der Waals surface area contributed by atoms with E-state index in [0.717, 1.165) is 16.3 Å². The van der Waals surface area contributed by atoms with E-state index in [-0.39, 0.29) is 5.91 Å². The Kier molecular flexibility index (Phi) is 4.50. The minimum Gasteiger partial charge on any atom is -0.325 e. The van der Waals surface area contributed by atoms with Crippen molar-refractivity contribution in [1.82, 2.24) is 14.8 Å². The summed E-state index contributed by atoms with van der Waals surface area (Å²) in [4.78, 5) is 16.9. The average Bonchev–Trinajstić information content (AvgIpc) is 3.09. The standard InChI is InChI=1S/C16H14N4OS/c21-16(10-22-15-4-2-1-3-5-15)19-13-6-8-14(9-7-13)20-12-17-11-18-20/h1-9,11-12H,10H2,(H,19,21). The summed E-state index contributed by atoms with van der Waals surface area (Å²) in [5, 5.41) is 6.93. The van der Waals surface area contributed by atoms with Crippen molar-refractivity contribution in [1.29, 1.82) is 0 Å². The minimum absolute atomic E-state index is 0.0256. The molecule has 0 aliphatic rings. The van der Waals surface area contributed by atoms with Gasteiger partial charge in [-0.25, -0.2) is 9.67 Å². The van der Waals surface area contributed by atoms with Gasteiger partial charge >= 0.3 is 0 Å². The number of thioether (sulfide) groups is 1. The second kappa shape index (κ2) is 6.91. The predicted molar refractivity (Wildman–Crippen MR) is 87.2 cm³/mol. The summed E-state index contributed by atoms with van der Waals surface area (Å²) in [7, 11) is 0. The number of rotatable bonds is 5. The van der Waals surface area contributed by atoms with Gasteiger partial charge in [-0.05, 0) is 36.4 Å². The summed E-state index contributed by atoms with van der Waals surface area (Å²) in [5.74, 6) is 0.358. The Balaban J connectivity index is 1.55. The van der Waals surface area contributed by atoms with Crippen LogP contribution in [0.25, 0.3) is 5.69 Å². The molecule has 0 saturated heterocycles. The zero-order valence-electron chi connectivity index (χ0n) is 11.7. The lowest BCUT2D eigenvalue weighted by atomic mass is 10.3. The monoisotopic (exact) mass is 310 g/mol. The van der Waals surface area contributed by atoms with Gasteiger partial charge < -0.3 is 5.32 Å². The van der Waals surface area contributed by atoms with Crippen molar-refractivity contribution in [2.75, 3.05) is 11.1 Å². The highest BCUT2D eigenvalue weighted by atomic mass is 32.2. The molecule has 0 spiro atoms. The lowest BCUT2D eigenvalue weighted by Gasteiger charge is -2.06. The first-order valence-electron chi connectivity index (χ1n) is 6.74. The van der Waals surface area contributed by atoms with Crippen LogP contribution in [0.4, 0.5) is 5.69 Å². The molecule has 110 valence electrons. The number of nitrogens with one attached hydrogen (secondary N) is 1. The van der Waals surface area contributed by atoms with Crippen molar-refractivity contribution in [3.8, 4) is 5.69 Å². The van der Waals surface area contributed by atoms with Crippen molar-refractivity contribution in [3.63, 3.8) is 0 Å². The summed E-state index contributed by atoms with van der Waals surface area (Å²) in [5.41, 5.74) is 1.66. The van der Waals surface area contributed by atoms with Gasteiger partial charge in [0.2, 0.25) is 5.91 Å². The highest BCUT2D eigenvalue weighted by Crippen LogP contribution is 2.18. The van der Waals surface area contributed by atoms with Gasteiger partial charge in [0, 0.05) is 10.6 Å². The van der Waals surface area contributed by atoms with Crippen LogP contribution in [0, 0.1) is 0 Å². The zero-order valence-corrected chi connectivity index (χ0v) is 12.5. The molecule has 0 fully saturated rings. The lowest BCUT2D eigenvalue weighted by molar-refractivity contribution is -0.113. The van der Waals surface area contributed by atoms with Crippen LogP contribution in [0.15, 0.2) is 72.1 Å². The molecular formula is C16H14N4OS. The number of nitrogens with zero attached hydrogens (tertiary/aromatic N) is 3. The van der Waals surface area contributed by atoms with Crippen LogP contribution in [0.3, 0.4) is 0 Å². The molecule has 5 nitrogen and oxygen atoms in total. The molecule has 0 bridgehead atoms. The fourth-order valence-corrected chi connectivity index (χ4v) is 2.62. The first kappa shape index (κ1) is 14.3. The van der Waals surface area contributed by atoms with Crippen LogP contribution in [0.1, 0.15) is 0 Å². The SMILES string of the molecule is O=C(CSc1ccccc1)Nc1ccc(-n2cncn2)cc1. The van der Waals surface area contributed by atoms with Crippen LogP contribution < -0.4 is 5.32 Å². The van der Waals surface area contributed by atoms with Crippen LogP contribution >= 0.6 is 11.8 Å². The van der Waals surface area contributed by atoms with Gasteiger partial charge in [0.25, 0.3) is 0 Å². The predicted octanol–water partition coefficient (Wildman–Crippen LogP) is 3.00. The van der Waals surface area contributed by atoms with E-state index in [1.807, 2.05) is 54.6 Å². The van der Waals surface area contributed by atoms with Gasteiger partial charge in [0.15, 0.2) is 0 Å². The van der Waals surface area contributed by atoms with Gasteiger partial charge in [-0.15, -0.1) is 11.8 Å². The number of carbonyl (C=O) groups is 1. The van der Waals surface area contributed by atoms with Crippen molar-refractivity contribution in [3.05, 3.63) is 67.3 Å². The van der Waals surface area contributed by atoms with E-state index in [0.29, 0.717) is 5.75 Å². The molecule has 1 heterocycles. The molecule has 1 aromatic heterocycles. The summed E-state index contributed by atoms with van der Waals surface area (Å²) in [6.07, 6.45) is 3.11. The molecule has 6 heteroatoms. The van der Waals surface area contributed by atoms with Crippen LogP contribution in [0.5, 0.6) is 0 Å². The third-order valence-electron chi connectivity index (χ3n) is 2.95. The average molecular weight is 310 g/mol. The maximum Gasteiger partial charge on any atom is 0.234 e. The number of amides is 1. The fraction of sp³-hybridized carbons (Fsp3) is 0.0625. The Labute approximate surface area is 132 Å². The first-order valence-corrected chi connectivity index (χ1v) is 7.72. The maximum absolute atomic E-state index is 11.9. The third kappa shape index (κ3) is 3.73. The van der Waals surface area contributed by atoms with E-state index in [9.17, 15) is 4.79 Å². The second-order valence-corrected chi connectivity index (χ2v) is 5.59. The molecule has 0 radical (unpaired) electrons. The summed E-state index contributed by atoms with van der Waals surface area (Å²) in [6, 6.07) is 17.3. The van der Waals surface area contributed by atoms with E-state index in [4.69, 9.17) is 0 Å². The molecular weight excluding hydrogens is 296 g/mol. The molecule has 1 N–H and O–H groups in total. The number of anilines is 1. The Morgan fingerprint density at radius 2 is 1.86 bits per heavy atom. The van der Waals surface area contributed by atoms with Gasteiger partial charge in [-0.2, -0.15) is 5.10 Å². The Morgan fingerprint density at radius 3 is 2.55 bits per heavy atom. The zero-order chi connectivity index (χ0) is 15.2. The van der Waals surface area contributed by atoms with E-state index < -0.39 is 0 Å². The van der Waals surface area contributed by atoms with E-state index in [1.54, 1.807) is 11.0 Å². The summed E-state index contributed by atoms with van der Waals surface area (Å²) in [6.45, 7) is 0. The van der Waals surface area contributed by atoms with Gasteiger partial charge in [-0.3, -0.25) is 4.79 Å². The van der Waals surface area contributed by atoms with Crippen molar-refractivity contribution >= 4 is 23.4 Å². The largest absolute Gasteiger partial charge is 0.325 e. The summed E-state index contributed by atoms with van der Waals surface area (Å²) >= 11 is 1.51. The quantitative estimate of drug-likeness (QED) is 0.736. The second-order valence-electron chi connectivity index (χ2n) is 4.54. The molecule has 0 saturated carbocycles. The molecule has 3 aromatic rings. The highest BCUT2D eigenvalue weighted by Gasteiger charge is 2.04. The maximum atomic E-state index is 11.9. The number of aromatic nitrogens is 3. The normalized spacial score (nSPS) is 10.4. The topological polar surface area (TPSA) is 59.8 Å². The smallest absolute Gasteiger partial charge is 0.234 e. The molecule has 22 heavy (non-hydrogen) atoms. The van der Waals surface area contributed by atoms with Crippen molar-refractivity contribution in [2.45, 2.75) is 4.90 Å². The van der Waals surface area contributed by atoms with Crippen molar-refractivity contribution < 1.29 is 4.79 Å². The van der Waals surface area contributed by atoms with Crippen LogP contribution in [0.2, 0.25) is 0 Å². The lowest BCUT2D eigenvalue weighted by Crippen LogP contribution is -2.13. The summed E-state index contributed by atoms with van der Waals surface area (Å²) < 4.78 is 1.66. The molecule has 2 aromatic carbocycles. The molecule has 1 amide bonds. The number of hydrogen-bond acceptors (Lipinski definition) is 4. The van der Waals surface area contributed by atoms with E-state index in [1.165, 1.54) is 18.1 Å². The van der Waals surface area contributed by atoms with Gasteiger partial charge in [0.1, 0.15) is 12.7 Å². The third-order valence-corrected chi connectivity index (χ3v) is 3.96. The number of hydrogen-bond donors (Lipinski definition) is 1. The molecule has 3 rings (SSSR count). The molecule has 0 aliphatic heterocycles. The molecule has 0 atom stereocenters. The Morgan fingerprint density at radius 1 is 1.09 bits per heavy atom. The van der Waals surface area contributed by atoms with Crippen molar-refractivity contribution in [2.24, 2.45) is 0 Å². The van der Waals surface area contributed by atoms with Crippen LogP contribution in [-0.2, 0) is 4.79 Å². The molecule has 0 aliphatic carbocycles. The van der Waals surface area contributed by atoms with Gasteiger partial charge in [-0.1, -0.05) is 18.2 Å². The number of carbonyl (C=O) groups excluding carboxylic acids is 1. The minimum atomic E-state index is -0.0256. The Hall–Kier alpha value is -2.60. The van der Waals surface area contributed by atoms with E-state index >= 15 is 0 Å². The first-order chi connectivity index (χ1) is 10.8.